The van der Waals surface area contributed by atoms with Crippen LogP contribution in [-0.4, -0.2) is 6.04 Å². The van der Waals surface area contributed by atoms with Crippen molar-refractivity contribution >= 4 is 0 Å². The summed E-state index contributed by atoms with van der Waals surface area (Å²) >= 11 is 0. The summed E-state index contributed by atoms with van der Waals surface area (Å²) in [6.45, 7) is 1.70. The minimum atomic E-state index is -0.670. The van der Waals surface area contributed by atoms with Crippen molar-refractivity contribution in [2.24, 2.45) is 5.73 Å². The lowest BCUT2D eigenvalue weighted by Gasteiger charge is -2.20. The normalized spacial score (nSPS) is 14.2. The van der Waals surface area contributed by atoms with Gasteiger partial charge >= 0.3 is 0 Å². The average molecular weight is 253 g/mol. The number of rotatable bonds is 4. The zero-order chi connectivity index (χ0) is 13.1. The number of furan rings is 1. The van der Waals surface area contributed by atoms with Crippen LogP contribution in [0.25, 0.3) is 0 Å². The molecule has 96 valence electrons. The van der Waals surface area contributed by atoms with Crippen LogP contribution in [0.5, 0.6) is 5.75 Å². The highest BCUT2D eigenvalue weighted by Gasteiger charge is 2.22. The molecule has 0 bridgehead atoms. The highest BCUT2D eigenvalue weighted by molar-refractivity contribution is 5.26. The molecule has 1 aromatic heterocycles. The Bertz CT molecular complexity index is 512. The highest BCUT2D eigenvalue weighted by atomic mass is 19.1. The van der Waals surface area contributed by atoms with Crippen molar-refractivity contribution < 1.29 is 17.9 Å². The molecule has 18 heavy (non-hydrogen) atoms. The number of halogens is 2. The molecule has 0 saturated heterocycles. The number of ether oxygens (including phenoxy) is 1. The van der Waals surface area contributed by atoms with Crippen molar-refractivity contribution in [2.75, 3.05) is 0 Å². The van der Waals surface area contributed by atoms with Gasteiger partial charge in [-0.05, 0) is 31.2 Å². The molecule has 2 rings (SSSR count). The SMILES string of the molecule is CC(N)C(Oc1cc(F)ccc1F)c1ccco1. The third-order valence-corrected chi connectivity index (χ3v) is 2.45. The first kappa shape index (κ1) is 12.6. The summed E-state index contributed by atoms with van der Waals surface area (Å²) in [6.07, 6.45) is 0.798. The van der Waals surface area contributed by atoms with E-state index in [1.807, 2.05) is 0 Å². The summed E-state index contributed by atoms with van der Waals surface area (Å²) in [4.78, 5) is 0. The molecule has 1 aromatic carbocycles. The summed E-state index contributed by atoms with van der Waals surface area (Å²) in [5, 5.41) is 0. The lowest BCUT2D eigenvalue weighted by atomic mass is 10.1. The fraction of sp³-hybridized carbons (Fsp3) is 0.231. The van der Waals surface area contributed by atoms with Crippen LogP contribution in [0.4, 0.5) is 8.78 Å². The van der Waals surface area contributed by atoms with E-state index in [-0.39, 0.29) is 5.75 Å². The quantitative estimate of drug-likeness (QED) is 0.911. The summed E-state index contributed by atoms with van der Waals surface area (Å²) in [6, 6.07) is 5.93. The van der Waals surface area contributed by atoms with Crippen molar-refractivity contribution in [3.63, 3.8) is 0 Å². The summed E-state index contributed by atoms with van der Waals surface area (Å²) in [5.74, 6) is -0.940. The Labute approximate surface area is 103 Å². The van der Waals surface area contributed by atoms with E-state index in [9.17, 15) is 8.78 Å². The van der Waals surface area contributed by atoms with Gasteiger partial charge in [0.1, 0.15) is 11.6 Å². The van der Waals surface area contributed by atoms with Crippen LogP contribution in [-0.2, 0) is 0 Å². The minimum absolute atomic E-state index is 0.186. The molecule has 1 heterocycles. The second kappa shape index (κ2) is 5.18. The maximum Gasteiger partial charge on any atom is 0.171 e. The third kappa shape index (κ3) is 2.68. The van der Waals surface area contributed by atoms with Gasteiger partial charge in [-0.25, -0.2) is 8.78 Å². The Morgan fingerprint density at radius 3 is 2.67 bits per heavy atom. The van der Waals surface area contributed by atoms with Crippen molar-refractivity contribution in [1.29, 1.82) is 0 Å². The van der Waals surface area contributed by atoms with Gasteiger partial charge in [-0.15, -0.1) is 0 Å². The molecule has 2 N–H and O–H groups in total. The van der Waals surface area contributed by atoms with Gasteiger partial charge in [-0.1, -0.05) is 0 Å². The van der Waals surface area contributed by atoms with Crippen molar-refractivity contribution in [3.05, 3.63) is 54.0 Å². The lowest BCUT2D eigenvalue weighted by Crippen LogP contribution is -2.29. The standard InChI is InChI=1S/C13H13F2NO2/c1-8(16)13(11-3-2-6-17-11)18-12-7-9(14)4-5-10(12)15/h2-8,13H,16H2,1H3. The maximum absolute atomic E-state index is 13.5. The molecule has 0 aliphatic heterocycles. The maximum atomic E-state index is 13.5. The Morgan fingerprint density at radius 1 is 1.28 bits per heavy atom. The molecule has 2 atom stereocenters. The van der Waals surface area contributed by atoms with Gasteiger partial charge in [-0.3, -0.25) is 0 Å². The molecule has 0 radical (unpaired) electrons. The lowest BCUT2D eigenvalue weighted by molar-refractivity contribution is 0.146. The van der Waals surface area contributed by atoms with Gasteiger partial charge in [-0.2, -0.15) is 0 Å². The first-order chi connectivity index (χ1) is 8.58. The molecule has 5 heteroatoms. The van der Waals surface area contributed by atoms with Crippen molar-refractivity contribution in [3.8, 4) is 5.75 Å². The monoisotopic (exact) mass is 253 g/mol. The molecule has 2 unspecified atom stereocenters. The predicted molar refractivity (Wildman–Crippen MR) is 62.1 cm³/mol. The highest BCUT2D eigenvalue weighted by Crippen LogP contribution is 2.27. The van der Waals surface area contributed by atoms with E-state index in [1.165, 1.54) is 6.26 Å². The van der Waals surface area contributed by atoms with Crippen molar-refractivity contribution in [2.45, 2.75) is 19.1 Å². The fourth-order valence-electron chi connectivity index (χ4n) is 1.58. The Kier molecular flexibility index (Phi) is 3.62. The zero-order valence-electron chi connectivity index (χ0n) is 9.77. The van der Waals surface area contributed by atoms with Gasteiger partial charge in [0, 0.05) is 12.1 Å². The average Bonchev–Trinajstić information content (AvgIpc) is 2.83. The van der Waals surface area contributed by atoms with E-state index in [2.05, 4.69) is 0 Å². The van der Waals surface area contributed by atoms with Gasteiger partial charge in [0.05, 0.1) is 6.26 Å². The number of benzene rings is 1. The predicted octanol–water partition coefficient (Wildman–Crippen LogP) is 3.03. The van der Waals surface area contributed by atoms with Gasteiger partial charge in [0.2, 0.25) is 0 Å². The summed E-state index contributed by atoms with van der Waals surface area (Å²) < 4.78 is 37.1. The molecule has 3 nitrogen and oxygen atoms in total. The molecule has 0 fully saturated rings. The molecule has 0 aliphatic rings. The van der Waals surface area contributed by atoms with Crippen LogP contribution in [0.15, 0.2) is 41.0 Å². The van der Waals surface area contributed by atoms with E-state index in [1.54, 1.807) is 19.1 Å². The number of hydrogen-bond donors (Lipinski definition) is 1. The largest absolute Gasteiger partial charge is 0.478 e. The van der Waals surface area contributed by atoms with Crippen LogP contribution in [0, 0.1) is 11.6 Å². The molecular formula is C13H13F2NO2. The number of nitrogens with two attached hydrogens (primary N) is 1. The van der Waals surface area contributed by atoms with E-state index >= 15 is 0 Å². The van der Waals surface area contributed by atoms with E-state index in [0.29, 0.717) is 5.76 Å². The first-order valence-corrected chi connectivity index (χ1v) is 5.48. The van der Waals surface area contributed by atoms with Gasteiger partial charge in [0.25, 0.3) is 0 Å². The van der Waals surface area contributed by atoms with Crippen molar-refractivity contribution in [1.82, 2.24) is 0 Å². The van der Waals surface area contributed by atoms with Crippen LogP contribution in [0.3, 0.4) is 0 Å². The van der Waals surface area contributed by atoms with Gasteiger partial charge in [0.15, 0.2) is 17.7 Å². The van der Waals surface area contributed by atoms with Crippen LogP contribution >= 0.6 is 0 Å². The van der Waals surface area contributed by atoms with E-state index < -0.39 is 23.8 Å². The molecule has 2 aromatic rings. The smallest absolute Gasteiger partial charge is 0.171 e. The van der Waals surface area contributed by atoms with E-state index in [4.69, 9.17) is 14.9 Å². The van der Waals surface area contributed by atoms with Crippen LogP contribution < -0.4 is 10.5 Å². The van der Waals surface area contributed by atoms with Crippen LogP contribution in [0.1, 0.15) is 18.8 Å². The molecule has 0 aliphatic carbocycles. The fourth-order valence-corrected chi connectivity index (χ4v) is 1.58. The van der Waals surface area contributed by atoms with Gasteiger partial charge < -0.3 is 14.9 Å². The number of hydrogen-bond acceptors (Lipinski definition) is 3. The topological polar surface area (TPSA) is 48.4 Å². The molecular weight excluding hydrogens is 240 g/mol. The summed E-state index contributed by atoms with van der Waals surface area (Å²) in [5.41, 5.74) is 5.76. The second-order valence-corrected chi connectivity index (χ2v) is 3.99. The Morgan fingerprint density at radius 2 is 2.06 bits per heavy atom. The zero-order valence-corrected chi connectivity index (χ0v) is 9.77. The first-order valence-electron chi connectivity index (χ1n) is 5.48. The summed E-state index contributed by atoms with van der Waals surface area (Å²) in [7, 11) is 0. The molecule has 0 saturated carbocycles. The Hall–Kier alpha value is -1.88. The van der Waals surface area contributed by atoms with Crippen LogP contribution in [0.2, 0.25) is 0 Å². The Balaban J connectivity index is 2.27. The third-order valence-electron chi connectivity index (χ3n) is 2.45. The molecule has 0 amide bonds. The minimum Gasteiger partial charge on any atom is -0.478 e. The second-order valence-electron chi connectivity index (χ2n) is 3.99. The van der Waals surface area contributed by atoms with E-state index in [0.717, 1.165) is 18.2 Å². The molecule has 0 spiro atoms.